The summed E-state index contributed by atoms with van der Waals surface area (Å²) in [6.07, 6.45) is 4.80. The van der Waals surface area contributed by atoms with E-state index < -0.39 is 0 Å². The molecule has 0 unspecified atom stereocenters. The van der Waals surface area contributed by atoms with Gasteiger partial charge in [0.05, 0.1) is 0 Å². The third-order valence-corrected chi connectivity index (χ3v) is 6.91. The molecule has 0 saturated heterocycles. The summed E-state index contributed by atoms with van der Waals surface area (Å²) < 4.78 is 0. The summed E-state index contributed by atoms with van der Waals surface area (Å²) in [6, 6.07) is 7.85. The lowest BCUT2D eigenvalue weighted by molar-refractivity contribution is 0.162. The second-order valence-electron chi connectivity index (χ2n) is 6.74. The molecule has 2 aliphatic heterocycles. The van der Waals surface area contributed by atoms with Crippen molar-refractivity contribution in [1.82, 2.24) is 4.90 Å². The summed E-state index contributed by atoms with van der Waals surface area (Å²) in [5.74, 6) is 0. The first-order chi connectivity index (χ1) is 10.7. The molecule has 22 heavy (non-hydrogen) atoms. The zero-order valence-electron chi connectivity index (χ0n) is 13.9. The number of thiophene rings is 1. The van der Waals surface area contributed by atoms with Crippen molar-refractivity contribution < 1.29 is 0 Å². The van der Waals surface area contributed by atoms with E-state index in [0.717, 1.165) is 13.0 Å². The second-order valence-corrected chi connectivity index (χ2v) is 7.96. The molecule has 0 saturated carbocycles. The first kappa shape index (κ1) is 14.5. The van der Waals surface area contributed by atoms with Gasteiger partial charge in [-0.15, -0.1) is 11.3 Å². The smallest absolute Gasteiger partial charge is 0.0403 e. The van der Waals surface area contributed by atoms with E-state index in [1.54, 1.807) is 32.0 Å². The number of rotatable bonds is 2. The van der Waals surface area contributed by atoms with Gasteiger partial charge in [-0.25, -0.2) is 0 Å². The van der Waals surface area contributed by atoms with Crippen LogP contribution in [0.5, 0.6) is 0 Å². The minimum Gasteiger partial charge on any atom is -0.291 e. The maximum atomic E-state index is 2.73. The molecule has 0 amide bonds. The maximum absolute atomic E-state index is 2.73. The molecule has 4 rings (SSSR count). The Hall–Kier alpha value is -1.12. The molecular formula is C20H25NS. The molecule has 2 aliphatic rings. The molecule has 1 aromatic heterocycles. The lowest BCUT2D eigenvalue weighted by atomic mass is 9.83. The fraction of sp³-hybridized carbons (Fsp3) is 0.500. The zero-order valence-corrected chi connectivity index (χ0v) is 14.7. The Morgan fingerprint density at radius 3 is 2.86 bits per heavy atom. The minimum absolute atomic E-state index is 0.625. The van der Waals surface area contributed by atoms with E-state index in [4.69, 9.17) is 0 Å². The predicted molar refractivity (Wildman–Crippen MR) is 94.8 cm³/mol. The third kappa shape index (κ3) is 2.16. The van der Waals surface area contributed by atoms with Gasteiger partial charge in [0.25, 0.3) is 0 Å². The van der Waals surface area contributed by atoms with Crippen molar-refractivity contribution in [2.24, 2.45) is 0 Å². The zero-order chi connectivity index (χ0) is 15.3. The number of hydrogen-bond acceptors (Lipinski definition) is 2. The topological polar surface area (TPSA) is 3.24 Å². The van der Waals surface area contributed by atoms with Crippen LogP contribution in [0.3, 0.4) is 0 Å². The first-order valence-electron chi connectivity index (χ1n) is 8.67. The van der Waals surface area contributed by atoms with Crippen molar-refractivity contribution in [2.45, 2.75) is 59.0 Å². The summed E-state index contributed by atoms with van der Waals surface area (Å²) in [6.45, 7) is 9.24. The first-order valence-corrected chi connectivity index (χ1v) is 9.48. The largest absolute Gasteiger partial charge is 0.291 e. The highest BCUT2D eigenvalue weighted by molar-refractivity contribution is 7.12. The highest BCUT2D eigenvalue weighted by atomic mass is 32.1. The van der Waals surface area contributed by atoms with Crippen molar-refractivity contribution in [2.75, 3.05) is 6.54 Å². The van der Waals surface area contributed by atoms with Crippen LogP contribution in [0.25, 0.3) is 0 Å². The molecule has 0 fully saturated rings. The molecule has 1 atom stereocenters. The minimum atomic E-state index is 0.625. The van der Waals surface area contributed by atoms with Crippen molar-refractivity contribution in [3.05, 3.63) is 55.8 Å². The Balaban J connectivity index is 1.76. The highest BCUT2D eigenvalue weighted by Gasteiger charge is 2.34. The summed E-state index contributed by atoms with van der Waals surface area (Å²) in [5, 5.41) is 0. The van der Waals surface area contributed by atoms with Crippen LogP contribution in [0.1, 0.15) is 57.5 Å². The SMILES string of the molecule is CCc1cc2c(s1)CCN1Cc3c(ccc(C)c3CC)C[C@@H]21. The average molecular weight is 311 g/mol. The molecule has 0 aliphatic carbocycles. The molecular weight excluding hydrogens is 286 g/mol. The summed E-state index contributed by atoms with van der Waals surface area (Å²) >= 11 is 2.06. The van der Waals surface area contributed by atoms with Crippen LogP contribution in [-0.2, 0) is 32.2 Å². The summed E-state index contributed by atoms with van der Waals surface area (Å²) in [5.41, 5.74) is 7.94. The maximum Gasteiger partial charge on any atom is 0.0403 e. The molecule has 0 radical (unpaired) electrons. The van der Waals surface area contributed by atoms with E-state index in [1.807, 2.05) is 0 Å². The van der Waals surface area contributed by atoms with Crippen LogP contribution in [0.4, 0.5) is 0 Å². The van der Waals surface area contributed by atoms with Crippen LogP contribution in [0.15, 0.2) is 18.2 Å². The van der Waals surface area contributed by atoms with E-state index in [-0.39, 0.29) is 0 Å². The van der Waals surface area contributed by atoms with Gasteiger partial charge in [0.1, 0.15) is 0 Å². The molecule has 116 valence electrons. The van der Waals surface area contributed by atoms with Crippen molar-refractivity contribution in [3.8, 4) is 0 Å². The lowest BCUT2D eigenvalue weighted by Gasteiger charge is -2.41. The monoisotopic (exact) mass is 311 g/mol. The van der Waals surface area contributed by atoms with Gasteiger partial charge in [-0.3, -0.25) is 4.90 Å². The van der Waals surface area contributed by atoms with Gasteiger partial charge in [0.15, 0.2) is 0 Å². The summed E-state index contributed by atoms with van der Waals surface area (Å²) in [7, 11) is 0. The van der Waals surface area contributed by atoms with Gasteiger partial charge in [-0.2, -0.15) is 0 Å². The predicted octanol–water partition coefficient (Wildman–Crippen LogP) is 4.84. The molecule has 1 aromatic carbocycles. The van der Waals surface area contributed by atoms with Gasteiger partial charge < -0.3 is 0 Å². The Morgan fingerprint density at radius 2 is 2.09 bits per heavy atom. The second kappa shape index (κ2) is 5.50. The molecule has 0 spiro atoms. The number of nitrogens with zero attached hydrogens (tertiary/aromatic N) is 1. The Labute approximate surface area is 138 Å². The Morgan fingerprint density at radius 1 is 1.23 bits per heavy atom. The number of fused-ring (bicyclic) bond motifs is 4. The third-order valence-electron chi connectivity index (χ3n) is 5.56. The Bertz CT molecular complexity index is 713. The number of benzene rings is 1. The van der Waals surface area contributed by atoms with Gasteiger partial charge >= 0.3 is 0 Å². The average Bonchev–Trinajstić information content (AvgIpc) is 2.97. The van der Waals surface area contributed by atoms with Gasteiger partial charge in [0, 0.05) is 28.9 Å². The van der Waals surface area contributed by atoms with E-state index in [1.165, 1.54) is 31.4 Å². The van der Waals surface area contributed by atoms with E-state index in [9.17, 15) is 0 Å². The van der Waals surface area contributed by atoms with Crippen molar-refractivity contribution >= 4 is 11.3 Å². The quantitative estimate of drug-likeness (QED) is 0.767. The van der Waals surface area contributed by atoms with Gasteiger partial charge in [-0.1, -0.05) is 26.0 Å². The molecule has 3 heterocycles. The van der Waals surface area contributed by atoms with Crippen molar-refractivity contribution in [3.63, 3.8) is 0 Å². The van der Waals surface area contributed by atoms with Crippen LogP contribution in [0, 0.1) is 6.92 Å². The van der Waals surface area contributed by atoms with E-state index >= 15 is 0 Å². The fourth-order valence-corrected chi connectivity index (χ4v) is 5.48. The normalized spacial score (nSPS) is 20.4. The summed E-state index contributed by atoms with van der Waals surface area (Å²) in [4.78, 5) is 5.95. The van der Waals surface area contributed by atoms with Crippen LogP contribution < -0.4 is 0 Å². The van der Waals surface area contributed by atoms with Crippen molar-refractivity contribution in [1.29, 1.82) is 0 Å². The number of aryl methyl sites for hydroxylation is 2. The van der Waals surface area contributed by atoms with E-state index in [2.05, 4.69) is 55.2 Å². The molecule has 0 bridgehead atoms. The highest BCUT2D eigenvalue weighted by Crippen LogP contribution is 2.42. The molecule has 0 N–H and O–H groups in total. The van der Waals surface area contributed by atoms with Crippen LogP contribution >= 0.6 is 11.3 Å². The Kier molecular flexibility index (Phi) is 3.62. The van der Waals surface area contributed by atoms with Crippen LogP contribution in [-0.4, -0.2) is 11.4 Å². The molecule has 2 heteroatoms. The van der Waals surface area contributed by atoms with E-state index in [0.29, 0.717) is 6.04 Å². The molecule has 1 nitrogen and oxygen atoms in total. The standard InChI is InChI=1S/C20H25NS/c1-4-15-11-17-19-10-14-7-6-13(3)16(5-2)18(14)12-21(19)9-8-20(17)22-15/h6-7,11,19H,4-5,8-10,12H2,1-3H3/t19-/m0/s1. The van der Waals surface area contributed by atoms with Gasteiger partial charge in [-0.05, 0) is 66.5 Å². The fourth-order valence-electron chi connectivity index (χ4n) is 4.33. The van der Waals surface area contributed by atoms with Crippen LogP contribution in [0.2, 0.25) is 0 Å². The number of hydrogen-bond donors (Lipinski definition) is 0. The lowest BCUT2D eigenvalue weighted by Crippen LogP contribution is -2.39. The molecule has 2 aromatic rings. The van der Waals surface area contributed by atoms with Gasteiger partial charge in [0.2, 0.25) is 0 Å².